The number of benzene rings is 2. The van der Waals surface area contributed by atoms with E-state index in [1.54, 1.807) is 12.1 Å². The lowest BCUT2D eigenvalue weighted by Crippen LogP contribution is -2.30. The molecule has 5 nitrogen and oxygen atoms in total. The number of nitrogens with two attached hydrogens (primary N) is 1. The van der Waals surface area contributed by atoms with Crippen LogP contribution in [-0.2, 0) is 9.53 Å². The second kappa shape index (κ2) is 7.03. The maximum Gasteiger partial charge on any atom is 0.339 e. The summed E-state index contributed by atoms with van der Waals surface area (Å²) in [4.78, 5) is 28.3. The van der Waals surface area contributed by atoms with E-state index in [-0.39, 0.29) is 0 Å². The van der Waals surface area contributed by atoms with Gasteiger partial charge in [0.15, 0.2) is 6.10 Å². The number of para-hydroxylation sites is 1. The Balaban J connectivity index is 2.11. The van der Waals surface area contributed by atoms with Crippen LogP contribution in [0, 0.1) is 0 Å². The lowest BCUT2D eigenvalue weighted by molar-refractivity contribution is -0.125. The van der Waals surface area contributed by atoms with E-state index in [1.165, 1.54) is 6.92 Å². The smallest absolute Gasteiger partial charge is 0.339 e. The maximum atomic E-state index is 12.5. The number of amides is 1. The van der Waals surface area contributed by atoms with Crippen LogP contribution in [0.3, 0.4) is 0 Å². The van der Waals surface area contributed by atoms with Crippen molar-refractivity contribution in [2.24, 2.45) is 5.73 Å². The summed E-state index contributed by atoms with van der Waals surface area (Å²) < 4.78 is 6.12. The van der Waals surface area contributed by atoms with Crippen LogP contribution in [0.25, 0.3) is 22.2 Å². The van der Waals surface area contributed by atoms with E-state index in [0.717, 1.165) is 10.0 Å². The van der Waals surface area contributed by atoms with Crippen molar-refractivity contribution < 1.29 is 14.3 Å². The summed E-state index contributed by atoms with van der Waals surface area (Å²) in [6.45, 7) is 1.44. The lowest BCUT2D eigenvalue weighted by atomic mass is 10.0. The fourth-order valence-electron chi connectivity index (χ4n) is 2.39. The van der Waals surface area contributed by atoms with Gasteiger partial charge in [-0.3, -0.25) is 4.79 Å². The first-order valence-electron chi connectivity index (χ1n) is 7.62. The van der Waals surface area contributed by atoms with Gasteiger partial charge in [0.2, 0.25) is 0 Å². The van der Waals surface area contributed by atoms with E-state index < -0.39 is 18.0 Å². The van der Waals surface area contributed by atoms with Crippen molar-refractivity contribution in [3.63, 3.8) is 0 Å². The first kappa shape index (κ1) is 17.1. The van der Waals surface area contributed by atoms with E-state index in [9.17, 15) is 9.59 Å². The molecule has 0 aliphatic rings. The summed E-state index contributed by atoms with van der Waals surface area (Å²) in [7, 11) is 0. The molecular formula is C19H15BrN2O3. The van der Waals surface area contributed by atoms with Gasteiger partial charge in [0.25, 0.3) is 5.91 Å². The number of hydrogen-bond donors (Lipinski definition) is 1. The number of ether oxygens (including phenoxy) is 1. The second-order valence-corrected chi connectivity index (χ2v) is 6.44. The third-order valence-corrected chi connectivity index (χ3v) is 4.29. The zero-order valence-electron chi connectivity index (χ0n) is 13.4. The molecule has 2 N–H and O–H groups in total. The minimum absolute atomic E-state index is 0.344. The summed E-state index contributed by atoms with van der Waals surface area (Å²) in [5, 5.41) is 0.657. The monoisotopic (exact) mass is 398 g/mol. The molecule has 1 unspecified atom stereocenters. The number of aromatic nitrogens is 1. The Hall–Kier alpha value is -2.73. The topological polar surface area (TPSA) is 82.3 Å². The lowest BCUT2D eigenvalue weighted by Gasteiger charge is -2.12. The van der Waals surface area contributed by atoms with Crippen LogP contribution < -0.4 is 5.73 Å². The Morgan fingerprint density at radius 2 is 1.80 bits per heavy atom. The average Bonchev–Trinajstić information content (AvgIpc) is 2.61. The highest BCUT2D eigenvalue weighted by molar-refractivity contribution is 9.10. The third-order valence-electron chi connectivity index (χ3n) is 3.76. The van der Waals surface area contributed by atoms with Crippen molar-refractivity contribution in [2.45, 2.75) is 13.0 Å². The minimum Gasteiger partial charge on any atom is -0.449 e. The molecule has 0 aliphatic carbocycles. The van der Waals surface area contributed by atoms with Gasteiger partial charge in [0.1, 0.15) is 0 Å². The van der Waals surface area contributed by atoms with Crippen LogP contribution in [0.15, 0.2) is 59.1 Å². The van der Waals surface area contributed by atoms with Crippen molar-refractivity contribution in [3.8, 4) is 11.3 Å². The molecule has 6 heteroatoms. The summed E-state index contributed by atoms with van der Waals surface area (Å²) in [5.41, 5.74) is 7.70. The molecule has 3 aromatic rings. The number of esters is 1. The normalized spacial score (nSPS) is 11.9. The summed E-state index contributed by atoms with van der Waals surface area (Å²) in [5.74, 6) is -1.30. The number of carbonyl (C=O) groups is 2. The summed E-state index contributed by atoms with van der Waals surface area (Å²) in [6, 6.07) is 16.6. The molecule has 0 spiro atoms. The first-order chi connectivity index (χ1) is 12.0. The van der Waals surface area contributed by atoms with Crippen LogP contribution in [0.5, 0.6) is 0 Å². The Morgan fingerprint density at radius 3 is 2.48 bits per heavy atom. The molecule has 1 heterocycles. The summed E-state index contributed by atoms with van der Waals surface area (Å²) >= 11 is 3.40. The third kappa shape index (κ3) is 3.69. The second-order valence-electron chi connectivity index (χ2n) is 5.53. The predicted molar refractivity (Wildman–Crippen MR) is 99.0 cm³/mol. The van der Waals surface area contributed by atoms with E-state index in [0.29, 0.717) is 22.2 Å². The van der Waals surface area contributed by atoms with Gasteiger partial charge >= 0.3 is 5.97 Å². The van der Waals surface area contributed by atoms with E-state index in [4.69, 9.17) is 10.5 Å². The highest BCUT2D eigenvalue weighted by atomic mass is 79.9. The number of hydrogen-bond acceptors (Lipinski definition) is 4. The molecule has 0 saturated heterocycles. The van der Waals surface area contributed by atoms with Crippen LogP contribution in [0.1, 0.15) is 17.3 Å². The summed E-state index contributed by atoms with van der Waals surface area (Å²) in [6.07, 6.45) is -1.00. The van der Waals surface area contributed by atoms with Crippen molar-refractivity contribution in [3.05, 3.63) is 64.6 Å². The number of fused-ring (bicyclic) bond motifs is 1. The molecule has 1 amide bonds. The van der Waals surface area contributed by atoms with Gasteiger partial charge in [-0.1, -0.05) is 46.3 Å². The van der Waals surface area contributed by atoms with Crippen molar-refractivity contribution in [1.29, 1.82) is 0 Å². The zero-order valence-corrected chi connectivity index (χ0v) is 15.0. The molecule has 0 aliphatic heterocycles. The van der Waals surface area contributed by atoms with Crippen LogP contribution in [-0.4, -0.2) is 23.0 Å². The van der Waals surface area contributed by atoms with Gasteiger partial charge in [-0.05, 0) is 31.2 Å². The van der Waals surface area contributed by atoms with Crippen LogP contribution in [0.4, 0.5) is 0 Å². The first-order valence-corrected chi connectivity index (χ1v) is 8.41. The Kier molecular flexibility index (Phi) is 4.81. The Labute approximate surface area is 152 Å². The molecule has 1 aromatic heterocycles. The van der Waals surface area contributed by atoms with Gasteiger partial charge in [-0.15, -0.1) is 0 Å². The molecule has 0 fully saturated rings. The van der Waals surface area contributed by atoms with E-state index in [1.807, 2.05) is 42.5 Å². The Morgan fingerprint density at radius 1 is 1.12 bits per heavy atom. The molecule has 0 saturated carbocycles. The fraction of sp³-hybridized carbons (Fsp3) is 0.105. The van der Waals surface area contributed by atoms with Gasteiger partial charge < -0.3 is 10.5 Å². The SMILES string of the molecule is CC(OC(=O)c1cc(-c2ccc(Br)cc2)nc2ccccc12)C(N)=O. The number of carbonyl (C=O) groups excluding carboxylic acids is 2. The van der Waals surface area contributed by atoms with Crippen molar-refractivity contribution >= 4 is 38.7 Å². The molecule has 3 rings (SSSR count). The maximum absolute atomic E-state index is 12.5. The highest BCUT2D eigenvalue weighted by Crippen LogP contribution is 2.26. The fourth-order valence-corrected chi connectivity index (χ4v) is 2.66. The van der Waals surface area contributed by atoms with Crippen molar-refractivity contribution in [1.82, 2.24) is 4.98 Å². The van der Waals surface area contributed by atoms with Crippen molar-refractivity contribution in [2.75, 3.05) is 0 Å². The number of halogens is 1. The molecule has 126 valence electrons. The van der Waals surface area contributed by atoms with Gasteiger partial charge in [-0.25, -0.2) is 9.78 Å². The van der Waals surface area contributed by atoms with Crippen LogP contribution in [0.2, 0.25) is 0 Å². The van der Waals surface area contributed by atoms with E-state index in [2.05, 4.69) is 20.9 Å². The number of pyridine rings is 1. The van der Waals surface area contributed by atoms with Crippen LogP contribution >= 0.6 is 15.9 Å². The number of rotatable bonds is 4. The standard InChI is InChI=1S/C19H15BrN2O3/c1-11(18(21)23)25-19(24)15-10-17(12-6-8-13(20)9-7-12)22-16-5-3-2-4-14(15)16/h2-11H,1H3,(H2,21,23). The molecular weight excluding hydrogens is 384 g/mol. The molecule has 0 radical (unpaired) electrons. The predicted octanol–water partition coefficient (Wildman–Crippen LogP) is 3.69. The van der Waals surface area contributed by atoms with E-state index >= 15 is 0 Å². The molecule has 1 atom stereocenters. The molecule has 25 heavy (non-hydrogen) atoms. The minimum atomic E-state index is -1.00. The number of primary amides is 1. The number of nitrogens with zero attached hydrogens (tertiary/aromatic N) is 1. The molecule has 0 bridgehead atoms. The molecule has 2 aromatic carbocycles. The quantitative estimate of drug-likeness (QED) is 0.679. The zero-order chi connectivity index (χ0) is 18.0. The average molecular weight is 399 g/mol. The largest absolute Gasteiger partial charge is 0.449 e. The van der Waals surface area contributed by atoms with Gasteiger partial charge in [0, 0.05) is 15.4 Å². The Bertz CT molecular complexity index is 955. The highest BCUT2D eigenvalue weighted by Gasteiger charge is 2.19. The van der Waals surface area contributed by atoms with Gasteiger partial charge in [0.05, 0.1) is 16.8 Å². The van der Waals surface area contributed by atoms with Gasteiger partial charge in [-0.2, -0.15) is 0 Å².